The van der Waals surface area contributed by atoms with E-state index in [-0.39, 0.29) is 5.75 Å². The van der Waals surface area contributed by atoms with Gasteiger partial charge in [0.2, 0.25) is 0 Å². The van der Waals surface area contributed by atoms with Crippen LogP contribution >= 0.6 is 0 Å². The molecule has 2 rings (SSSR count). The second-order valence-corrected chi connectivity index (χ2v) is 6.82. The van der Waals surface area contributed by atoms with E-state index >= 15 is 0 Å². The summed E-state index contributed by atoms with van der Waals surface area (Å²) in [4.78, 5) is 6.30. The van der Waals surface area contributed by atoms with Crippen LogP contribution in [0.25, 0.3) is 5.57 Å². The van der Waals surface area contributed by atoms with Crippen LogP contribution in [0.15, 0.2) is 52.1 Å². The number of phenols is 1. The van der Waals surface area contributed by atoms with E-state index in [1.165, 1.54) is 0 Å². The molecule has 1 aliphatic rings. The summed E-state index contributed by atoms with van der Waals surface area (Å²) >= 11 is 0. The van der Waals surface area contributed by atoms with E-state index in [1.807, 2.05) is 19.1 Å². The Morgan fingerprint density at radius 1 is 1.39 bits per heavy atom. The minimum atomic E-state index is 0.145. The minimum Gasteiger partial charge on any atom is -0.507 e. The third-order valence-electron chi connectivity index (χ3n) is 4.62. The number of aromatic hydroxyl groups is 1. The Bertz CT molecular complexity index is 807. The van der Waals surface area contributed by atoms with E-state index in [0.29, 0.717) is 17.3 Å². The quantitative estimate of drug-likeness (QED) is 0.450. The maximum Gasteiger partial charge on any atom is 0.125 e. The summed E-state index contributed by atoms with van der Waals surface area (Å²) < 4.78 is 0. The van der Waals surface area contributed by atoms with Crippen molar-refractivity contribution in [1.82, 2.24) is 10.2 Å². The van der Waals surface area contributed by atoms with Gasteiger partial charge in [0.1, 0.15) is 11.6 Å². The van der Waals surface area contributed by atoms with E-state index in [2.05, 4.69) is 51.9 Å². The van der Waals surface area contributed by atoms with Crippen LogP contribution in [0.2, 0.25) is 0 Å². The van der Waals surface area contributed by atoms with E-state index < -0.39 is 0 Å². The monoisotopic (exact) mass is 381 g/mol. The van der Waals surface area contributed by atoms with Crippen molar-refractivity contribution in [3.63, 3.8) is 0 Å². The van der Waals surface area contributed by atoms with Gasteiger partial charge in [0, 0.05) is 44.5 Å². The number of rotatable bonds is 6. The first-order chi connectivity index (χ1) is 13.5. The number of aliphatic imine (C=N–C) groups is 1. The molecule has 0 bridgehead atoms. The van der Waals surface area contributed by atoms with Crippen LogP contribution in [-0.2, 0) is 0 Å². The Morgan fingerprint density at radius 3 is 2.79 bits per heavy atom. The molecule has 28 heavy (non-hydrogen) atoms. The number of hydrogen-bond acceptors (Lipinski definition) is 5. The van der Waals surface area contributed by atoms with Crippen LogP contribution in [0.1, 0.15) is 38.3 Å². The van der Waals surface area contributed by atoms with Gasteiger partial charge in [-0.3, -0.25) is 4.99 Å². The molecular formula is C22H31N5O. The van der Waals surface area contributed by atoms with Crippen LogP contribution in [0, 0.1) is 0 Å². The number of amidine groups is 1. The van der Waals surface area contributed by atoms with Crippen LogP contribution in [0.5, 0.6) is 5.75 Å². The fraction of sp³-hybridized carbons (Fsp3) is 0.409. The first-order valence-electron chi connectivity index (χ1n) is 9.69. The second-order valence-electron chi connectivity index (χ2n) is 6.82. The van der Waals surface area contributed by atoms with Crippen molar-refractivity contribution in [2.75, 3.05) is 26.7 Å². The fourth-order valence-electron chi connectivity index (χ4n) is 3.15. The van der Waals surface area contributed by atoms with Gasteiger partial charge in [-0.15, -0.1) is 10.2 Å². The SMILES string of the molecule is C=C/C(=N\N=C(/C)N1CCN[C@H](C)C1)c1ccc(/C(C=NC)=C/CC)cc1O. The highest BCUT2D eigenvalue weighted by Gasteiger charge is 2.16. The Balaban J connectivity index is 2.28. The molecule has 6 heteroatoms. The molecule has 1 heterocycles. The van der Waals surface area contributed by atoms with Crippen molar-refractivity contribution in [1.29, 1.82) is 0 Å². The van der Waals surface area contributed by atoms with Crippen LogP contribution in [0.4, 0.5) is 0 Å². The first-order valence-corrected chi connectivity index (χ1v) is 9.69. The number of nitrogens with zero attached hydrogens (tertiary/aromatic N) is 4. The molecule has 0 aliphatic carbocycles. The standard InChI is InChI=1S/C22H31N5O/c1-6-8-19(14-23-5)18-9-10-20(22(28)13-18)21(7-2)26-25-17(4)27-12-11-24-16(3)15-27/h7-10,13-14,16,24,28H,2,6,11-12,15H2,1,3-5H3/b19-8+,23-14?,25-17+,26-21+/t16-/m1/s1. The third kappa shape index (κ3) is 5.63. The van der Waals surface area contributed by atoms with Crippen molar-refractivity contribution in [2.45, 2.75) is 33.2 Å². The van der Waals surface area contributed by atoms with Crippen molar-refractivity contribution >= 4 is 23.3 Å². The second kappa shape index (κ2) is 10.6. The molecule has 1 aromatic carbocycles. The summed E-state index contributed by atoms with van der Waals surface area (Å²) in [6, 6.07) is 5.95. The summed E-state index contributed by atoms with van der Waals surface area (Å²) in [6.45, 7) is 12.8. The summed E-state index contributed by atoms with van der Waals surface area (Å²) in [7, 11) is 1.74. The Hall–Kier alpha value is -2.73. The zero-order valence-corrected chi connectivity index (χ0v) is 17.3. The van der Waals surface area contributed by atoms with Gasteiger partial charge in [-0.2, -0.15) is 0 Å². The number of allylic oxidation sites excluding steroid dienone is 3. The topological polar surface area (TPSA) is 72.6 Å². The highest BCUT2D eigenvalue weighted by atomic mass is 16.3. The number of piperazine rings is 1. The average Bonchev–Trinajstić information content (AvgIpc) is 2.69. The van der Waals surface area contributed by atoms with Gasteiger partial charge in [-0.05, 0) is 49.6 Å². The molecule has 1 atom stereocenters. The van der Waals surface area contributed by atoms with Crippen LogP contribution < -0.4 is 5.32 Å². The zero-order chi connectivity index (χ0) is 20.5. The Morgan fingerprint density at radius 2 is 2.18 bits per heavy atom. The molecule has 0 spiro atoms. The van der Waals surface area contributed by atoms with Gasteiger partial charge in [-0.25, -0.2) is 0 Å². The number of benzene rings is 1. The Kier molecular flexibility index (Phi) is 8.14. The normalized spacial score (nSPS) is 19.4. The molecule has 0 radical (unpaired) electrons. The average molecular weight is 382 g/mol. The van der Waals surface area contributed by atoms with Crippen molar-refractivity contribution in [2.24, 2.45) is 15.2 Å². The van der Waals surface area contributed by atoms with Crippen molar-refractivity contribution in [3.05, 3.63) is 48.1 Å². The molecule has 150 valence electrons. The minimum absolute atomic E-state index is 0.145. The van der Waals surface area contributed by atoms with Crippen molar-refractivity contribution < 1.29 is 5.11 Å². The van der Waals surface area contributed by atoms with Gasteiger partial charge >= 0.3 is 0 Å². The highest BCUT2D eigenvalue weighted by molar-refractivity contribution is 6.12. The lowest BCUT2D eigenvalue weighted by molar-refractivity contribution is 0.301. The summed E-state index contributed by atoms with van der Waals surface area (Å²) in [5.41, 5.74) is 3.03. The molecule has 0 aromatic heterocycles. The van der Waals surface area contributed by atoms with Gasteiger partial charge in [-0.1, -0.05) is 25.6 Å². The molecule has 6 nitrogen and oxygen atoms in total. The predicted octanol–water partition coefficient (Wildman–Crippen LogP) is 3.49. The molecule has 1 saturated heterocycles. The fourth-order valence-corrected chi connectivity index (χ4v) is 3.15. The summed E-state index contributed by atoms with van der Waals surface area (Å²) in [5, 5.41) is 22.7. The maximum atomic E-state index is 10.6. The van der Waals surface area contributed by atoms with E-state index in [1.54, 1.807) is 25.4 Å². The lowest BCUT2D eigenvalue weighted by Gasteiger charge is -2.32. The number of nitrogens with one attached hydrogen (secondary N) is 1. The smallest absolute Gasteiger partial charge is 0.125 e. The predicted molar refractivity (Wildman–Crippen MR) is 120 cm³/mol. The molecule has 1 aliphatic heterocycles. The molecule has 1 aromatic rings. The number of hydrogen-bond donors (Lipinski definition) is 2. The van der Waals surface area contributed by atoms with E-state index in [0.717, 1.165) is 43.0 Å². The number of phenolic OH excluding ortho intramolecular Hbond substituents is 1. The van der Waals surface area contributed by atoms with Crippen LogP contribution in [-0.4, -0.2) is 60.5 Å². The van der Waals surface area contributed by atoms with E-state index in [9.17, 15) is 5.11 Å². The lowest BCUT2D eigenvalue weighted by Crippen LogP contribution is -2.50. The molecule has 1 fully saturated rings. The van der Waals surface area contributed by atoms with Crippen molar-refractivity contribution in [3.8, 4) is 5.75 Å². The summed E-state index contributed by atoms with van der Waals surface area (Å²) in [6.07, 6.45) is 6.37. The Labute approximate surface area is 168 Å². The van der Waals surface area contributed by atoms with Gasteiger partial charge in [0.15, 0.2) is 0 Å². The molecular weight excluding hydrogens is 350 g/mol. The third-order valence-corrected chi connectivity index (χ3v) is 4.62. The molecule has 0 amide bonds. The van der Waals surface area contributed by atoms with Gasteiger partial charge < -0.3 is 15.3 Å². The van der Waals surface area contributed by atoms with Gasteiger partial charge in [0.05, 0.1) is 5.71 Å². The highest BCUT2D eigenvalue weighted by Crippen LogP contribution is 2.24. The van der Waals surface area contributed by atoms with Crippen LogP contribution in [0.3, 0.4) is 0 Å². The van der Waals surface area contributed by atoms with Gasteiger partial charge in [0.25, 0.3) is 0 Å². The molecule has 0 saturated carbocycles. The maximum absolute atomic E-state index is 10.6. The first kappa shape index (κ1) is 21.6. The molecule has 2 N–H and O–H groups in total. The lowest BCUT2D eigenvalue weighted by atomic mass is 10.0. The molecule has 0 unspecified atom stereocenters. The van der Waals surface area contributed by atoms with E-state index in [4.69, 9.17) is 0 Å². The zero-order valence-electron chi connectivity index (χ0n) is 17.3. The summed E-state index contributed by atoms with van der Waals surface area (Å²) in [5.74, 6) is 1.00. The largest absolute Gasteiger partial charge is 0.507 e.